The molecule has 25 heavy (non-hydrogen) atoms. The Labute approximate surface area is 148 Å². The van der Waals surface area contributed by atoms with Crippen LogP contribution >= 0.6 is 11.6 Å². The van der Waals surface area contributed by atoms with Gasteiger partial charge in [-0.2, -0.15) is 18.3 Å². The number of nitrogens with zero attached hydrogens (tertiary/aromatic N) is 4. The van der Waals surface area contributed by atoms with Gasteiger partial charge >= 0.3 is 6.18 Å². The number of alkyl halides is 3. The lowest BCUT2D eigenvalue weighted by atomic mass is 10.1. The minimum atomic E-state index is -4.55. The number of hydrogen-bond donors (Lipinski definition) is 2. The summed E-state index contributed by atoms with van der Waals surface area (Å²) >= 11 is 5.61. The number of aromatic nitrogens is 4. The number of aryl methyl sites for hydroxylation is 2. The van der Waals surface area contributed by atoms with Gasteiger partial charge in [-0.1, -0.05) is 0 Å². The lowest BCUT2D eigenvalue weighted by Gasteiger charge is -2.18. The minimum Gasteiger partial charge on any atom is -0.384 e. The summed E-state index contributed by atoms with van der Waals surface area (Å²) in [5.74, 6) is 0.297. The number of rotatable bonds is 6. The summed E-state index contributed by atoms with van der Waals surface area (Å²) in [6.07, 6.45) is -2.57. The smallest absolute Gasteiger partial charge is 0.384 e. The van der Waals surface area contributed by atoms with E-state index in [0.29, 0.717) is 31.4 Å². The van der Waals surface area contributed by atoms with Crippen LogP contribution in [0.3, 0.4) is 0 Å². The van der Waals surface area contributed by atoms with Crippen molar-refractivity contribution >= 4 is 23.2 Å². The van der Waals surface area contributed by atoms with Crippen molar-refractivity contribution in [2.45, 2.75) is 52.4 Å². The largest absolute Gasteiger partial charge is 0.421 e. The Balaban J connectivity index is 1.97. The molecule has 10 heteroatoms. The van der Waals surface area contributed by atoms with Crippen LogP contribution in [-0.4, -0.2) is 25.8 Å². The van der Waals surface area contributed by atoms with Crippen molar-refractivity contribution in [2.75, 3.05) is 11.1 Å². The molecule has 0 radical (unpaired) electrons. The molecule has 2 aromatic rings. The topological polar surface area (TPSA) is 81.7 Å². The quantitative estimate of drug-likeness (QED) is 0.749. The molecule has 3 N–H and O–H groups in total. The standard InChI is InChI=1S/C15H20ClF3N6/c1-8(5-4-6-25-12(20)9(2)10(3)24-25)22-13-11(15(17,18)19)7-21-14(16)23-13/h7-8H,4-6,20H2,1-3H3,(H,21,22,23)/t8-/m0/s1. The first kappa shape index (κ1) is 19.3. The van der Waals surface area contributed by atoms with Crippen LogP contribution in [0.4, 0.5) is 24.8 Å². The minimum absolute atomic E-state index is 0.238. The molecule has 0 aliphatic carbocycles. The fourth-order valence-corrected chi connectivity index (χ4v) is 2.52. The van der Waals surface area contributed by atoms with Gasteiger partial charge in [0.25, 0.3) is 0 Å². The van der Waals surface area contributed by atoms with Gasteiger partial charge in [-0.3, -0.25) is 0 Å². The molecule has 0 bridgehead atoms. The van der Waals surface area contributed by atoms with Crippen molar-refractivity contribution < 1.29 is 13.2 Å². The second kappa shape index (κ2) is 7.47. The zero-order valence-electron chi connectivity index (χ0n) is 14.2. The summed E-state index contributed by atoms with van der Waals surface area (Å²) in [4.78, 5) is 7.06. The van der Waals surface area contributed by atoms with Crippen molar-refractivity contribution in [3.8, 4) is 0 Å². The second-order valence-corrected chi connectivity index (χ2v) is 6.24. The average Bonchev–Trinajstić information content (AvgIpc) is 2.73. The molecule has 138 valence electrons. The normalized spacial score (nSPS) is 13.1. The predicted octanol–water partition coefficient (Wildman–Crippen LogP) is 3.83. The molecule has 0 aromatic carbocycles. The summed E-state index contributed by atoms with van der Waals surface area (Å²) in [5, 5.41) is 6.85. The van der Waals surface area contributed by atoms with Crippen LogP contribution in [0.25, 0.3) is 0 Å². The summed E-state index contributed by atoms with van der Waals surface area (Å²) in [7, 11) is 0. The third-order valence-electron chi connectivity index (χ3n) is 3.93. The number of nitrogens with two attached hydrogens (primary N) is 1. The van der Waals surface area contributed by atoms with E-state index in [0.717, 1.165) is 11.3 Å². The van der Waals surface area contributed by atoms with Crippen molar-refractivity contribution in [2.24, 2.45) is 0 Å². The van der Waals surface area contributed by atoms with E-state index < -0.39 is 11.7 Å². The van der Waals surface area contributed by atoms with Crippen molar-refractivity contribution in [1.29, 1.82) is 0 Å². The van der Waals surface area contributed by atoms with Crippen molar-refractivity contribution in [3.05, 3.63) is 28.3 Å². The zero-order chi connectivity index (χ0) is 18.8. The predicted molar refractivity (Wildman–Crippen MR) is 90.5 cm³/mol. The number of nitrogens with one attached hydrogen (secondary N) is 1. The molecular weight excluding hydrogens is 357 g/mol. The number of anilines is 2. The highest BCUT2D eigenvalue weighted by atomic mass is 35.5. The van der Waals surface area contributed by atoms with E-state index >= 15 is 0 Å². The molecule has 1 atom stereocenters. The van der Waals surface area contributed by atoms with E-state index in [1.807, 2.05) is 13.8 Å². The third kappa shape index (κ3) is 4.75. The molecule has 2 rings (SSSR count). The Morgan fingerprint density at radius 1 is 1.36 bits per heavy atom. The molecule has 0 aliphatic heterocycles. The Morgan fingerprint density at radius 3 is 2.60 bits per heavy atom. The van der Waals surface area contributed by atoms with Gasteiger partial charge in [0.05, 0.1) is 5.69 Å². The molecule has 0 saturated heterocycles. The fourth-order valence-electron chi connectivity index (χ4n) is 2.39. The highest BCUT2D eigenvalue weighted by molar-refractivity contribution is 6.28. The van der Waals surface area contributed by atoms with Gasteiger partial charge in [-0.05, 0) is 45.2 Å². The Morgan fingerprint density at radius 2 is 2.04 bits per heavy atom. The molecule has 2 aromatic heterocycles. The molecular formula is C15H20ClF3N6. The van der Waals surface area contributed by atoms with Crippen LogP contribution in [0.1, 0.15) is 36.6 Å². The lowest BCUT2D eigenvalue weighted by Crippen LogP contribution is -2.21. The lowest BCUT2D eigenvalue weighted by molar-refractivity contribution is -0.137. The first-order chi connectivity index (χ1) is 11.6. The monoisotopic (exact) mass is 376 g/mol. The van der Waals surface area contributed by atoms with Gasteiger partial charge in [0.1, 0.15) is 17.2 Å². The zero-order valence-corrected chi connectivity index (χ0v) is 14.9. The van der Waals surface area contributed by atoms with Crippen LogP contribution in [-0.2, 0) is 12.7 Å². The molecule has 0 amide bonds. The molecule has 0 saturated carbocycles. The summed E-state index contributed by atoms with van der Waals surface area (Å²) in [6.45, 7) is 6.14. The van der Waals surface area contributed by atoms with Gasteiger partial charge in [0.2, 0.25) is 5.28 Å². The second-order valence-electron chi connectivity index (χ2n) is 5.91. The van der Waals surface area contributed by atoms with Crippen LogP contribution in [0.2, 0.25) is 5.28 Å². The maximum absolute atomic E-state index is 13.0. The first-order valence-electron chi connectivity index (χ1n) is 7.75. The summed E-state index contributed by atoms with van der Waals surface area (Å²) in [6, 6.07) is -0.244. The molecule has 6 nitrogen and oxygen atoms in total. The van der Waals surface area contributed by atoms with E-state index in [1.54, 1.807) is 11.6 Å². The molecule has 2 heterocycles. The van der Waals surface area contributed by atoms with E-state index in [9.17, 15) is 13.2 Å². The SMILES string of the molecule is Cc1nn(CCC[C@H](C)Nc2nc(Cl)ncc2C(F)(F)F)c(N)c1C. The molecule has 0 aliphatic rings. The van der Waals surface area contributed by atoms with E-state index in [-0.39, 0.29) is 17.1 Å². The Hall–Kier alpha value is -2.03. The van der Waals surface area contributed by atoms with Gasteiger partial charge in [0, 0.05) is 24.3 Å². The molecule has 0 spiro atoms. The average molecular weight is 377 g/mol. The fraction of sp³-hybridized carbons (Fsp3) is 0.533. The first-order valence-corrected chi connectivity index (χ1v) is 8.13. The number of halogens is 4. The number of hydrogen-bond acceptors (Lipinski definition) is 5. The molecule has 0 fully saturated rings. The Bertz CT molecular complexity index is 744. The van der Waals surface area contributed by atoms with Crippen LogP contribution in [0.15, 0.2) is 6.20 Å². The highest BCUT2D eigenvalue weighted by Gasteiger charge is 2.35. The van der Waals surface area contributed by atoms with Gasteiger partial charge in [-0.15, -0.1) is 0 Å². The van der Waals surface area contributed by atoms with Crippen LogP contribution < -0.4 is 11.1 Å². The van der Waals surface area contributed by atoms with Crippen LogP contribution in [0.5, 0.6) is 0 Å². The van der Waals surface area contributed by atoms with Gasteiger partial charge < -0.3 is 11.1 Å². The maximum Gasteiger partial charge on any atom is 0.421 e. The van der Waals surface area contributed by atoms with Crippen LogP contribution in [0, 0.1) is 13.8 Å². The number of nitrogen functional groups attached to an aromatic ring is 1. The third-order valence-corrected chi connectivity index (χ3v) is 4.11. The van der Waals surface area contributed by atoms with E-state index in [4.69, 9.17) is 17.3 Å². The van der Waals surface area contributed by atoms with Crippen molar-refractivity contribution in [1.82, 2.24) is 19.7 Å². The summed E-state index contributed by atoms with van der Waals surface area (Å²) < 4.78 is 40.7. The maximum atomic E-state index is 13.0. The summed E-state index contributed by atoms with van der Waals surface area (Å²) in [5.41, 5.74) is 6.83. The Kier molecular flexibility index (Phi) is 5.76. The van der Waals surface area contributed by atoms with E-state index in [2.05, 4.69) is 20.4 Å². The van der Waals surface area contributed by atoms with Gasteiger partial charge in [0.15, 0.2) is 0 Å². The van der Waals surface area contributed by atoms with E-state index in [1.165, 1.54) is 0 Å². The molecule has 0 unspecified atom stereocenters. The van der Waals surface area contributed by atoms with Crippen molar-refractivity contribution in [3.63, 3.8) is 0 Å². The highest BCUT2D eigenvalue weighted by Crippen LogP contribution is 2.34. The van der Waals surface area contributed by atoms with Gasteiger partial charge in [-0.25, -0.2) is 14.6 Å².